The molecule has 0 bridgehead atoms. The molecule has 1 atom stereocenters. The Bertz CT molecular complexity index is 768. The number of nitro benzene ring substituents is 1. The van der Waals surface area contributed by atoms with Crippen LogP contribution in [0.1, 0.15) is 5.56 Å². The zero-order valence-electron chi connectivity index (χ0n) is 12.9. The number of nitrogens with one attached hydrogen (secondary N) is 2. The topological polar surface area (TPSA) is 76.7 Å². The molecule has 2 aromatic carbocycles. The third-order valence-electron chi connectivity index (χ3n) is 3.36. The average Bonchev–Trinajstić information content (AvgIpc) is 2.52. The number of hydrogen-bond acceptors (Lipinski definition) is 3. The van der Waals surface area contributed by atoms with Crippen LogP contribution in [0, 0.1) is 10.1 Å². The summed E-state index contributed by atoms with van der Waals surface area (Å²) in [4.78, 5) is 23.4. The van der Waals surface area contributed by atoms with E-state index < -0.39 is 4.92 Å². The largest absolute Gasteiger partial charge is 0.326 e. The number of nitro groups is 1. The Morgan fingerprint density at radius 2 is 1.92 bits per heavy atom. The van der Waals surface area contributed by atoms with Gasteiger partial charge in [-0.25, -0.2) is 0 Å². The lowest BCUT2D eigenvalue weighted by Crippen LogP contribution is -3.08. The molecule has 0 aliphatic rings. The van der Waals surface area contributed by atoms with Gasteiger partial charge in [-0.1, -0.05) is 47.5 Å². The molecule has 0 aromatic heterocycles. The van der Waals surface area contributed by atoms with Crippen LogP contribution in [0.25, 0.3) is 0 Å². The van der Waals surface area contributed by atoms with E-state index in [2.05, 4.69) is 5.32 Å². The summed E-state index contributed by atoms with van der Waals surface area (Å²) in [6.07, 6.45) is 0. The minimum Gasteiger partial charge on any atom is -0.326 e. The number of para-hydroxylation sites is 2. The predicted octanol–water partition coefficient (Wildman–Crippen LogP) is 2.56. The lowest BCUT2D eigenvalue weighted by molar-refractivity contribution is -0.885. The predicted molar refractivity (Wildman–Crippen MR) is 93.6 cm³/mol. The number of amides is 1. The number of carbonyl (C=O) groups is 1. The summed E-state index contributed by atoms with van der Waals surface area (Å²) >= 11 is 12.1. The zero-order valence-corrected chi connectivity index (χ0v) is 14.4. The van der Waals surface area contributed by atoms with Gasteiger partial charge in [0.1, 0.15) is 12.2 Å². The summed E-state index contributed by atoms with van der Waals surface area (Å²) in [6.45, 7) is 0.637. The van der Waals surface area contributed by atoms with E-state index in [0.717, 1.165) is 10.5 Å². The first-order valence-electron chi connectivity index (χ1n) is 7.16. The molecule has 24 heavy (non-hydrogen) atoms. The van der Waals surface area contributed by atoms with Crippen molar-refractivity contribution in [3.63, 3.8) is 0 Å². The van der Waals surface area contributed by atoms with Gasteiger partial charge >= 0.3 is 0 Å². The first-order valence-corrected chi connectivity index (χ1v) is 7.91. The smallest absolute Gasteiger partial charge is 0.292 e. The third-order valence-corrected chi connectivity index (χ3v) is 4.22. The second-order valence-corrected chi connectivity index (χ2v) is 6.13. The maximum absolute atomic E-state index is 12.1. The van der Waals surface area contributed by atoms with E-state index in [9.17, 15) is 14.9 Å². The van der Waals surface area contributed by atoms with Gasteiger partial charge in [0.05, 0.1) is 22.0 Å². The number of benzene rings is 2. The summed E-state index contributed by atoms with van der Waals surface area (Å²) in [5.74, 6) is -0.319. The third kappa shape index (κ3) is 4.67. The quantitative estimate of drug-likeness (QED) is 0.607. The molecule has 0 saturated heterocycles. The maximum atomic E-state index is 12.1. The molecule has 0 saturated carbocycles. The summed E-state index contributed by atoms with van der Waals surface area (Å²) in [5, 5.41) is 14.5. The Morgan fingerprint density at radius 1 is 1.21 bits per heavy atom. The van der Waals surface area contributed by atoms with Gasteiger partial charge in [0, 0.05) is 11.6 Å². The van der Waals surface area contributed by atoms with E-state index >= 15 is 0 Å². The van der Waals surface area contributed by atoms with Gasteiger partial charge < -0.3 is 10.2 Å². The number of likely N-dealkylation sites (N-methyl/N-ethyl adjacent to an activating group) is 1. The highest BCUT2D eigenvalue weighted by atomic mass is 35.5. The van der Waals surface area contributed by atoms with Gasteiger partial charge in [-0.3, -0.25) is 14.9 Å². The Labute approximate surface area is 149 Å². The maximum Gasteiger partial charge on any atom is 0.292 e. The van der Waals surface area contributed by atoms with E-state index in [-0.39, 0.29) is 23.8 Å². The Balaban J connectivity index is 2.00. The van der Waals surface area contributed by atoms with Gasteiger partial charge in [-0.05, 0) is 12.1 Å². The van der Waals surface area contributed by atoms with Crippen molar-refractivity contribution in [2.24, 2.45) is 0 Å². The highest BCUT2D eigenvalue weighted by molar-refractivity contribution is 6.42. The molecule has 0 aliphatic carbocycles. The van der Waals surface area contributed by atoms with Crippen molar-refractivity contribution >= 4 is 40.5 Å². The van der Waals surface area contributed by atoms with Crippen LogP contribution in [0.2, 0.25) is 10.0 Å². The number of anilines is 1. The molecule has 6 nitrogen and oxygen atoms in total. The van der Waals surface area contributed by atoms with Crippen LogP contribution in [0.5, 0.6) is 0 Å². The van der Waals surface area contributed by atoms with Gasteiger partial charge in [-0.15, -0.1) is 0 Å². The molecule has 126 valence electrons. The fraction of sp³-hybridized carbons (Fsp3) is 0.188. The standard InChI is InChI=1S/C16H15Cl2N3O3/c1-20(9-11-5-4-6-12(17)16(11)18)10-15(22)19-13-7-2-3-8-14(13)21(23)24/h2-8H,9-10H2,1H3,(H,19,22)/p+1. The van der Waals surface area contributed by atoms with Crippen LogP contribution in [-0.4, -0.2) is 24.4 Å². The molecule has 2 aromatic rings. The van der Waals surface area contributed by atoms with Gasteiger partial charge in [0.15, 0.2) is 6.54 Å². The van der Waals surface area contributed by atoms with Crippen molar-refractivity contribution in [2.45, 2.75) is 6.54 Å². The van der Waals surface area contributed by atoms with Crippen molar-refractivity contribution in [1.82, 2.24) is 0 Å². The number of quaternary nitrogens is 1. The minimum atomic E-state index is -0.530. The fourth-order valence-electron chi connectivity index (χ4n) is 2.28. The summed E-state index contributed by atoms with van der Waals surface area (Å²) in [7, 11) is 1.83. The molecule has 0 fully saturated rings. The van der Waals surface area contributed by atoms with Crippen LogP contribution in [0.4, 0.5) is 11.4 Å². The molecule has 2 rings (SSSR count). The summed E-state index contributed by atoms with van der Waals surface area (Å²) in [6, 6.07) is 11.4. The highest BCUT2D eigenvalue weighted by Crippen LogP contribution is 2.25. The minimum absolute atomic E-state index is 0.134. The van der Waals surface area contributed by atoms with E-state index in [4.69, 9.17) is 23.2 Å². The monoisotopic (exact) mass is 368 g/mol. The van der Waals surface area contributed by atoms with Crippen LogP contribution < -0.4 is 10.2 Å². The van der Waals surface area contributed by atoms with Crippen molar-refractivity contribution in [3.8, 4) is 0 Å². The second-order valence-electron chi connectivity index (χ2n) is 5.35. The number of carbonyl (C=O) groups excluding carboxylic acids is 1. The molecule has 1 amide bonds. The molecule has 0 spiro atoms. The van der Waals surface area contributed by atoms with E-state index in [1.807, 2.05) is 13.1 Å². The van der Waals surface area contributed by atoms with E-state index in [1.54, 1.807) is 24.3 Å². The van der Waals surface area contributed by atoms with E-state index in [1.165, 1.54) is 12.1 Å². The lowest BCUT2D eigenvalue weighted by atomic mass is 10.2. The average molecular weight is 369 g/mol. The van der Waals surface area contributed by atoms with Crippen LogP contribution in [-0.2, 0) is 11.3 Å². The molecule has 8 heteroatoms. The number of halogens is 2. The van der Waals surface area contributed by atoms with Crippen LogP contribution in [0.15, 0.2) is 42.5 Å². The van der Waals surface area contributed by atoms with Crippen molar-refractivity contribution < 1.29 is 14.6 Å². The summed E-state index contributed by atoms with van der Waals surface area (Å²) < 4.78 is 0. The Hall–Kier alpha value is -2.15. The number of hydrogen-bond donors (Lipinski definition) is 2. The zero-order chi connectivity index (χ0) is 17.7. The molecule has 1 unspecified atom stereocenters. The SMILES string of the molecule is C[NH+](CC(=O)Nc1ccccc1[N+](=O)[O-])Cc1cccc(Cl)c1Cl. The van der Waals surface area contributed by atoms with Gasteiger partial charge in [0.2, 0.25) is 0 Å². The van der Waals surface area contributed by atoms with Crippen molar-refractivity contribution in [1.29, 1.82) is 0 Å². The van der Waals surface area contributed by atoms with Gasteiger partial charge in [0.25, 0.3) is 11.6 Å². The first kappa shape index (κ1) is 18.2. The molecule has 0 radical (unpaired) electrons. The summed E-state index contributed by atoms with van der Waals surface area (Å²) in [5.41, 5.74) is 0.877. The van der Waals surface area contributed by atoms with Crippen LogP contribution >= 0.6 is 23.2 Å². The fourth-order valence-corrected chi connectivity index (χ4v) is 2.67. The Morgan fingerprint density at radius 3 is 2.62 bits per heavy atom. The lowest BCUT2D eigenvalue weighted by Gasteiger charge is -2.15. The number of nitrogens with zero attached hydrogens (tertiary/aromatic N) is 1. The normalized spacial score (nSPS) is 11.8. The first-order chi connectivity index (χ1) is 11.4. The second kappa shape index (κ2) is 8.10. The molecule has 0 heterocycles. The Kier molecular flexibility index (Phi) is 6.14. The molecular formula is C16H16Cl2N3O3+. The molecule has 2 N–H and O–H groups in total. The van der Waals surface area contributed by atoms with E-state index in [0.29, 0.717) is 16.6 Å². The van der Waals surface area contributed by atoms with Crippen LogP contribution in [0.3, 0.4) is 0 Å². The van der Waals surface area contributed by atoms with Gasteiger partial charge in [-0.2, -0.15) is 0 Å². The van der Waals surface area contributed by atoms with Crippen molar-refractivity contribution in [3.05, 3.63) is 68.2 Å². The molecule has 0 aliphatic heterocycles. The molecular weight excluding hydrogens is 353 g/mol. The number of rotatable bonds is 6. The van der Waals surface area contributed by atoms with Crippen molar-refractivity contribution in [2.75, 3.05) is 18.9 Å². The highest BCUT2D eigenvalue weighted by Gasteiger charge is 2.18.